The van der Waals surface area contributed by atoms with Crippen molar-refractivity contribution in [2.75, 3.05) is 13.1 Å². The molecule has 176 valence electrons. The van der Waals surface area contributed by atoms with E-state index in [0.717, 1.165) is 42.8 Å². The van der Waals surface area contributed by atoms with Crippen molar-refractivity contribution in [2.45, 2.75) is 58.6 Å². The molecule has 1 N–H and O–H groups in total. The first kappa shape index (κ1) is 23.5. The summed E-state index contributed by atoms with van der Waals surface area (Å²) in [5, 5.41) is 15.4. The largest absolute Gasteiger partial charge is 0.438 e. The van der Waals surface area contributed by atoms with Gasteiger partial charge >= 0.3 is 0 Å². The maximum atomic E-state index is 13.9. The fourth-order valence-electron chi connectivity index (χ4n) is 4.13. The van der Waals surface area contributed by atoms with Gasteiger partial charge < -0.3 is 9.84 Å². The fraction of sp³-hybridized carbons (Fsp3) is 0.444. The van der Waals surface area contributed by atoms with Crippen molar-refractivity contribution in [3.05, 3.63) is 71.7 Å². The molecule has 6 heteroatoms. The van der Waals surface area contributed by atoms with Crippen LogP contribution in [0.4, 0.5) is 4.39 Å². The minimum Gasteiger partial charge on any atom is -0.438 e. The van der Waals surface area contributed by atoms with Gasteiger partial charge in [-0.05, 0) is 56.4 Å². The van der Waals surface area contributed by atoms with Crippen LogP contribution in [-0.4, -0.2) is 39.0 Å². The van der Waals surface area contributed by atoms with Crippen molar-refractivity contribution >= 4 is 0 Å². The molecule has 1 aliphatic carbocycles. The quantitative estimate of drug-likeness (QED) is 0.374. The molecule has 3 aromatic rings. The Kier molecular flexibility index (Phi) is 7.78. The van der Waals surface area contributed by atoms with Crippen molar-refractivity contribution < 1.29 is 14.2 Å². The van der Waals surface area contributed by atoms with Gasteiger partial charge in [-0.1, -0.05) is 44.0 Å². The van der Waals surface area contributed by atoms with Crippen LogP contribution in [0.1, 0.15) is 50.3 Å². The van der Waals surface area contributed by atoms with E-state index in [4.69, 9.17) is 9.84 Å². The molecular formula is C27H34FN3O2. The van der Waals surface area contributed by atoms with E-state index in [1.165, 1.54) is 25.0 Å². The Bertz CT molecular complexity index is 1030. The van der Waals surface area contributed by atoms with E-state index in [1.54, 1.807) is 16.8 Å². The van der Waals surface area contributed by atoms with Gasteiger partial charge in [0.2, 0.25) is 5.88 Å². The second kappa shape index (κ2) is 10.9. The molecule has 1 heterocycles. The van der Waals surface area contributed by atoms with Crippen LogP contribution in [0, 0.1) is 18.7 Å². The number of ether oxygens (including phenoxy) is 1. The number of hydrogen-bond donors (Lipinski definition) is 1. The van der Waals surface area contributed by atoms with Gasteiger partial charge in [0.05, 0.1) is 23.0 Å². The molecule has 1 aliphatic rings. The number of nitrogens with zero attached hydrogens (tertiary/aromatic N) is 3. The summed E-state index contributed by atoms with van der Waals surface area (Å²) in [7, 11) is 0. The van der Waals surface area contributed by atoms with Gasteiger partial charge in [-0.3, -0.25) is 4.90 Å². The van der Waals surface area contributed by atoms with Gasteiger partial charge in [0.15, 0.2) is 0 Å². The number of hydrogen-bond acceptors (Lipinski definition) is 4. The molecule has 0 bridgehead atoms. The average Bonchev–Trinajstić information content (AvgIpc) is 3.57. The molecule has 2 aromatic carbocycles. The Hall–Kier alpha value is -2.70. The van der Waals surface area contributed by atoms with E-state index < -0.39 is 0 Å². The molecule has 0 saturated heterocycles. The lowest BCUT2D eigenvalue weighted by atomic mass is 10.1. The van der Waals surface area contributed by atoms with Gasteiger partial charge in [0, 0.05) is 25.7 Å². The van der Waals surface area contributed by atoms with Crippen LogP contribution in [0.3, 0.4) is 0 Å². The molecule has 0 aliphatic heterocycles. The van der Waals surface area contributed by atoms with Crippen LogP contribution in [0.15, 0.2) is 54.6 Å². The summed E-state index contributed by atoms with van der Waals surface area (Å²) in [5.41, 5.74) is 2.72. The minimum absolute atomic E-state index is 0.342. The maximum Gasteiger partial charge on any atom is 0.227 e. The Balaban J connectivity index is 1.65. The topological polar surface area (TPSA) is 50.5 Å². The van der Waals surface area contributed by atoms with Gasteiger partial charge in [-0.2, -0.15) is 5.10 Å². The normalized spacial score (nSPS) is 14.6. The van der Waals surface area contributed by atoms with Crippen LogP contribution in [-0.2, 0) is 6.54 Å². The third kappa shape index (κ3) is 6.42. The van der Waals surface area contributed by atoms with Gasteiger partial charge in [0.25, 0.3) is 0 Å². The van der Waals surface area contributed by atoms with Crippen molar-refractivity contribution in [1.29, 1.82) is 0 Å². The van der Waals surface area contributed by atoms with Crippen molar-refractivity contribution in [3.8, 4) is 17.3 Å². The summed E-state index contributed by atoms with van der Waals surface area (Å²) < 4.78 is 21.9. The zero-order valence-corrected chi connectivity index (χ0v) is 19.6. The number of para-hydroxylation sites is 1. The number of aryl methyl sites for hydroxylation is 1. The molecule has 1 atom stereocenters. The van der Waals surface area contributed by atoms with Crippen LogP contribution >= 0.6 is 0 Å². The SMILES string of the molecule is CCCC[C@@H](O)CN(Cc1c(C)nn(-c2ccccc2)c1Oc1cccc(F)c1)CC1CC1. The highest BCUT2D eigenvalue weighted by Crippen LogP contribution is 2.34. The Morgan fingerprint density at radius 1 is 1.18 bits per heavy atom. The first-order chi connectivity index (χ1) is 16.0. The highest BCUT2D eigenvalue weighted by molar-refractivity contribution is 5.43. The Morgan fingerprint density at radius 3 is 2.67 bits per heavy atom. The standard InChI is InChI=1S/C27H34FN3O2/c1-3-4-12-24(32)18-30(17-21-14-15-21)19-26-20(2)29-31(23-10-6-5-7-11-23)27(26)33-25-13-8-9-22(28)16-25/h5-11,13,16,21,24,32H,3-4,12,14-15,17-19H2,1-2H3/t24-/m1/s1. The molecular weight excluding hydrogens is 417 g/mol. The average molecular weight is 452 g/mol. The molecule has 1 saturated carbocycles. The molecule has 0 amide bonds. The zero-order valence-electron chi connectivity index (χ0n) is 19.6. The predicted octanol–water partition coefficient (Wildman–Crippen LogP) is 5.88. The summed E-state index contributed by atoms with van der Waals surface area (Å²) in [5.74, 6) is 1.38. The summed E-state index contributed by atoms with van der Waals surface area (Å²) in [6.45, 7) is 6.34. The maximum absolute atomic E-state index is 13.9. The van der Waals surface area contributed by atoms with E-state index in [-0.39, 0.29) is 11.9 Å². The minimum atomic E-state index is -0.347. The second-order valence-corrected chi connectivity index (χ2v) is 9.11. The van der Waals surface area contributed by atoms with Crippen molar-refractivity contribution in [2.24, 2.45) is 5.92 Å². The molecule has 5 nitrogen and oxygen atoms in total. The number of aliphatic hydroxyl groups is 1. The van der Waals surface area contributed by atoms with Crippen molar-refractivity contribution in [1.82, 2.24) is 14.7 Å². The predicted molar refractivity (Wildman–Crippen MR) is 128 cm³/mol. The fourth-order valence-corrected chi connectivity index (χ4v) is 4.13. The number of halogens is 1. The number of rotatable bonds is 12. The highest BCUT2D eigenvalue weighted by Gasteiger charge is 2.28. The van der Waals surface area contributed by atoms with E-state index in [2.05, 4.69) is 11.8 Å². The lowest BCUT2D eigenvalue weighted by molar-refractivity contribution is 0.0965. The Morgan fingerprint density at radius 2 is 1.97 bits per heavy atom. The second-order valence-electron chi connectivity index (χ2n) is 9.11. The molecule has 33 heavy (non-hydrogen) atoms. The molecule has 0 unspecified atom stereocenters. The molecule has 4 rings (SSSR count). The summed E-state index contributed by atoms with van der Waals surface area (Å²) >= 11 is 0. The highest BCUT2D eigenvalue weighted by atomic mass is 19.1. The van der Waals surface area contributed by atoms with Gasteiger partial charge in [-0.25, -0.2) is 9.07 Å². The van der Waals surface area contributed by atoms with Crippen molar-refractivity contribution in [3.63, 3.8) is 0 Å². The first-order valence-electron chi connectivity index (χ1n) is 12.0. The summed E-state index contributed by atoms with van der Waals surface area (Å²) in [6.07, 6.45) is 5.06. The smallest absolute Gasteiger partial charge is 0.227 e. The molecule has 0 spiro atoms. The Labute approximate surface area is 195 Å². The monoisotopic (exact) mass is 451 g/mol. The first-order valence-corrected chi connectivity index (χ1v) is 12.0. The number of aliphatic hydroxyl groups excluding tert-OH is 1. The lowest BCUT2D eigenvalue weighted by Gasteiger charge is -2.25. The lowest BCUT2D eigenvalue weighted by Crippen LogP contribution is -2.34. The summed E-state index contributed by atoms with van der Waals surface area (Å²) in [6, 6.07) is 16.0. The van der Waals surface area contributed by atoms with Crippen LogP contribution in [0.2, 0.25) is 0 Å². The van der Waals surface area contributed by atoms with Crippen LogP contribution < -0.4 is 4.74 Å². The number of unbranched alkanes of at least 4 members (excludes halogenated alkanes) is 1. The van der Waals surface area contributed by atoms with E-state index in [1.807, 2.05) is 37.3 Å². The zero-order chi connectivity index (χ0) is 23.2. The van der Waals surface area contributed by atoms with E-state index in [9.17, 15) is 9.50 Å². The van der Waals surface area contributed by atoms with Gasteiger partial charge in [0.1, 0.15) is 11.6 Å². The van der Waals surface area contributed by atoms with E-state index >= 15 is 0 Å². The van der Waals surface area contributed by atoms with Crippen LogP contribution in [0.5, 0.6) is 11.6 Å². The third-order valence-corrected chi connectivity index (χ3v) is 6.10. The number of aromatic nitrogens is 2. The molecule has 1 fully saturated rings. The molecule has 1 aromatic heterocycles. The summed E-state index contributed by atoms with van der Waals surface area (Å²) in [4.78, 5) is 2.33. The van der Waals surface area contributed by atoms with Gasteiger partial charge in [-0.15, -0.1) is 0 Å². The van der Waals surface area contributed by atoms with Crippen LogP contribution in [0.25, 0.3) is 5.69 Å². The third-order valence-electron chi connectivity index (χ3n) is 6.10. The van der Waals surface area contributed by atoms with E-state index in [0.29, 0.717) is 30.6 Å². The molecule has 0 radical (unpaired) electrons. The number of benzene rings is 2.